The van der Waals surface area contributed by atoms with Crippen LogP contribution >= 0.6 is 11.3 Å². The van der Waals surface area contributed by atoms with Gasteiger partial charge in [0.15, 0.2) is 5.01 Å². The number of likely N-dealkylation sites (tertiary alicyclic amines) is 1. The minimum atomic E-state index is -3.77. The van der Waals surface area contributed by atoms with Crippen LogP contribution in [0.25, 0.3) is 10.4 Å². The van der Waals surface area contributed by atoms with E-state index < -0.39 is 10.0 Å². The van der Waals surface area contributed by atoms with Gasteiger partial charge in [-0.25, -0.2) is 18.5 Å². The predicted molar refractivity (Wildman–Crippen MR) is 119 cm³/mol. The largest absolute Gasteiger partial charge is 0.372 e. The first-order valence-electron chi connectivity index (χ1n) is 10.5. The highest BCUT2D eigenvalue weighted by molar-refractivity contribution is 7.89. The van der Waals surface area contributed by atoms with Crippen LogP contribution in [-0.4, -0.2) is 62.6 Å². The van der Waals surface area contributed by atoms with Gasteiger partial charge in [-0.1, -0.05) is 12.1 Å². The number of nitrogens with two attached hydrogens (primary N) is 1. The SMILES string of the molecule is CC1CN(c2nc(C(=O)N3C[C@H]4C[C@H]4C3)sc2-c2ccc(S(N)(=O)=O)cc2)CC(C)O1. The highest BCUT2D eigenvalue weighted by Gasteiger charge is 2.47. The average molecular weight is 463 g/mol. The Balaban J connectivity index is 1.51. The molecule has 31 heavy (non-hydrogen) atoms. The van der Waals surface area contributed by atoms with Crippen molar-refractivity contribution in [3.05, 3.63) is 29.3 Å². The molecular formula is C21H26N4O4S2. The van der Waals surface area contributed by atoms with Gasteiger partial charge in [0.25, 0.3) is 5.91 Å². The van der Waals surface area contributed by atoms with Crippen molar-refractivity contribution in [3.8, 4) is 10.4 Å². The minimum absolute atomic E-state index is 0.0137. The summed E-state index contributed by atoms with van der Waals surface area (Å²) >= 11 is 1.37. The number of aromatic nitrogens is 1. The van der Waals surface area contributed by atoms with E-state index in [0.29, 0.717) is 29.9 Å². The molecule has 1 aromatic carbocycles. The second kappa shape index (κ2) is 7.54. The van der Waals surface area contributed by atoms with Gasteiger partial charge >= 0.3 is 0 Å². The summed E-state index contributed by atoms with van der Waals surface area (Å²) < 4.78 is 29.1. The summed E-state index contributed by atoms with van der Waals surface area (Å²) in [5, 5.41) is 5.72. The molecule has 3 fully saturated rings. The maximum Gasteiger partial charge on any atom is 0.282 e. The van der Waals surface area contributed by atoms with Crippen molar-refractivity contribution in [1.29, 1.82) is 0 Å². The van der Waals surface area contributed by atoms with Crippen molar-refractivity contribution in [2.24, 2.45) is 17.0 Å². The van der Waals surface area contributed by atoms with Crippen molar-refractivity contribution >= 4 is 33.1 Å². The first kappa shape index (κ1) is 20.9. The Hall–Kier alpha value is -2.01. The number of rotatable bonds is 4. The Labute approximate surface area is 186 Å². The van der Waals surface area contributed by atoms with E-state index in [1.165, 1.54) is 29.9 Å². The summed E-state index contributed by atoms with van der Waals surface area (Å²) in [5.41, 5.74) is 0.815. The summed E-state index contributed by atoms with van der Waals surface area (Å²) in [7, 11) is -3.77. The second-order valence-corrected chi connectivity index (χ2v) is 11.4. The Kier molecular flexibility index (Phi) is 5.08. The van der Waals surface area contributed by atoms with Crippen molar-refractivity contribution in [2.75, 3.05) is 31.1 Å². The molecule has 166 valence electrons. The molecule has 0 radical (unpaired) electrons. The Morgan fingerprint density at radius 2 is 1.71 bits per heavy atom. The summed E-state index contributed by atoms with van der Waals surface area (Å²) in [4.78, 5) is 22.9. The van der Waals surface area contributed by atoms with Gasteiger partial charge in [-0.3, -0.25) is 4.79 Å². The third kappa shape index (κ3) is 4.09. The van der Waals surface area contributed by atoms with Crippen molar-refractivity contribution in [2.45, 2.75) is 37.4 Å². The van der Waals surface area contributed by atoms with Crippen molar-refractivity contribution in [3.63, 3.8) is 0 Å². The average Bonchev–Trinajstić information content (AvgIpc) is 3.12. The molecule has 3 heterocycles. The van der Waals surface area contributed by atoms with Gasteiger partial charge in [-0.15, -0.1) is 11.3 Å². The van der Waals surface area contributed by atoms with Crippen LogP contribution in [0.1, 0.15) is 30.1 Å². The zero-order valence-corrected chi connectivity index (χ0v) is 19.2. The van der Waals surface area contributed by atoms with Gasteiger partial charge < -0.3 is 14.5 Å². The topological polar surface area (TPSA) is 106 Å². The summed E-state index contributed by atoms with van der Waals surface area (Å²) in [6.07, 6.45) is 1.33. The number of benzene rings is 1. The molecule has 8 nitrogen and oxygen atoms in total. The van der Waals surface area contributed by atoms with Crippen LogP contribution in [0.5, 0.6) is 0 Å². The molecule has 0 bridgehead atoms. The molecule has 10 heteroatoms. The van der Waals surface area contributed by atoms with E-state index in [1.54, 1.807) is 12.1 Å². The molecule has 1 aromatic heterocycles. The summed E-state index contributed by atoms with van der Waals surface area (Å²) in [6, 6.07) is 6.44. The van der Waals surface area contributed by atoms with E-state index in [2.05, 4.69) is 4.90 Å². The molecule has 2 unspecified atom stereocenters. The number of primary sulfonamides is 1. The number of carbonyl (C=O) groups is 1. The normalized spacial score (nSPS) is 28.0. The van der Waals surface area contributed by atoms with Gasteiger partial charge in [0, 0.05) is 26.2 Å². The van der Waals surface area contributed by atoms with E-state index >= 15 is 0 Å². The van der Waals surface area contributed by atoms with Gasteiger partial charge in [0.05, 0.1) is 22.0 Å². The van der Waals surface area contributed by atoms with E-state index in [-0.39, 0.29) is 23.0 Å². The van der Waals surface area contributed by atoms with Crippen LogP contribution in [0.3, 0.4) is 0 Å². The van der Waals surface area contributed by atoms with Crippen LogP contribution in [0.4, 0.5) is 5.82 Å². The smallest absolute Gasteiger partial charge is 0.282 e. The lowest BCUT2D eigenvalue weighted by Crippen LogP contribution is -2.45. The standard InChI is InChI=1S/C21H26N4O4S2/c1-12-8-24(9-13(2)29-12)19-18(14-3-5-17(6-4-14)31(22,27)28)30-20(23-19)21(26)25-10-15-7-16(15)11-25/h3-6,12-13,15-16H,7-11H2,1-2H3,(H2,22,27,28)/t12?,13?,15-,16+. The summed E-state index contributed by atoms with van der Waals surface area (Å²) in [5.74, 6) is 2.06. The van der Waals surface area contributed by atoms with E-state index in [0.717, 1.165) is 29.3 Å². The molecule has 2 N–H and O–H groups in total. The maximum absolute atomic E-state index is 13.1. The van der Waals surface area contributed by atoms with Gasteiger partial charge in [0.2, 0.25) is 10.0 Å². The molecule has 5 rings (SSSR count). The van der Waals surface area contributed by atoms with Crippen LogP contribution < -0.4 is 10.0 Å². The fraction of sp³-hybridized carbons (Fsp3) is 0.524. The molecule has 1 aliphatic carbocycles. The predicted octanol–water partition coefficient (Wildman–Crippen LogP) is 2.16. The van der Waals surface area contributed by atoms with E-state index in [9.17, 15) is 13.2 Å². The maximum atomic E-state index is 13.1. The van der Waals surface area contributed by atoms with Crippen LogP contribution in [0.15, 0.2) is 29.2 Å². The van der Waals surface area contributed by atoms with Gasteiger partial charge in [0.1, 0.15) is 5.82 Å². The molecule has 2 aromatic rings. The molecule has 2 saturated heterocycles. The zero-order valence-electron chi connectivity index (χ0n) is 17.5. The Morgan fingerprint density at radius 1 is 1.10 bits per heavy atom. The first-order valence-corrected chi connectivity index (χ1v) is 12.9. The zero-order chi connectivity index (χ0) is 21.9. The highest BCUT2D eigenvalue weighted by Crippen LogP contribution is 2.46. The number of carbonyl (C=O) groups excluding carboxylic acids is 1. The molecule has 4 atom stereocenters. The van der Waals surface area contributed by atoms with Crippen molar-refractivity contribution in [1.82, 2.24) is 9.88 Å². The minimum Gasteiger partial charge on any atom is -0.372 e. The number of hydrogen-bond donors (Lipinski definition) is 1. The lowest BCUT2D eigenvalue weighted by Gasteiger charge is -2.36. The van der Waals surface area contributed by atoms with Gasteiger partial charge in [-0.2, -0.15) is 0 Å². The van der Waals surface area contributed by atoms with Crippen LogP contribution in [-0.2, 0) is 14.8 Å². The summed E-state index contributed by atoms with van der Waals surface area (Å²) in [6.45, 7) is 7.05. The second-order valence-electron chi connectivity index (χ2n) is 8.87. The quantitative estimate of drug-likeness (QED) is 0.746. The fourth-order valence-corrected chi connectivity index (χ4v) is 6.23. The molecular weight excluding hydrogens is 436 g/mol. The lowest BCUT2D eigenvalue weighted by atomic mass is 10.1. The first-order chi connectivity index (χ1) is 14.7. The third-order valence-corrected chi connectivity index (χ3v) is 8.23. The van der Waals surface area contributed by atoms with Crippen molar-refractivity contribution < 1.29 is 17.9 Å². The highest BCUT2D eigenvalue weighted by atomic mass is 32.2. The van der Waals surface area contributed by atoms with E-state index in [1.807, 2.05) is 18.7 Å². The third-order valence-electron chi connectivity index (χ3n) is 6.22. The number of sulfonamides is 1. The molecule has 1 saturated carbocycles. The number of ether oxygens (including phenoxy) is 1. The van der Waals surface area contributed by atoms with Crippen LogP contribution in [0.2, 0.25) is 0 Å². The molecule has 3 aliphatic rings. The Bertz CT molecular complexity index is 1090. The number of hydrogen-bond acceptors (Lipinski definition) is 7. The number of nitrogens with zero attached hydrogens (tertiary/aromatic N) is 3. The number of anilines is 1. The monoisotopic (exact) mass is 462 g/mol. The molecule has 1 amide bonds. The number of fused-ring (bicyclic) bond motifs is 1. The van der Waals surface area contributed by atoms with Crippen LogP contribution in [0, 0.1) is 11.8 Å². The van der Waals surface area contributed by atoms with E-state index in [4.69, 9.17) is 14.9 Å². The number of piperidine rings is 1. The lowest BCUT2D eigenvalue weighted by molar-refractivity contribution is -0.00539. The molecule has 0 spiro atoms. The number of thiazole rings is 1. The Morgan fingerprint density at radius 3 is 2.29 bits per heavy atom. The molecule has 2 aliphatic heterocycles. The fourth-order valence-electron chi connectivity index (χ4n) is 4.65. The number of amides is 1. The number of morpholine rings is 1. The van der Waals surface area contributed by atoms with Gasteiger partial charge in [-0.05, 0) is 49.8 Å².